The van der Waals surface area contributed by atoms with Crippen molar-refractivity contribution in [1.82, 2.24) is 19.0 Å². The lowest BCUT2D eigenvalue weighted by Gasteiger charge is -2.32. The molecule has 21 heavy (non-hydrogen) atoms. The predicted octanol–water partition coefficient (Wildman–Crippen LogP) is 0.300. The summed E-state index contributed by atoms with van der Waals surface area (Å²) in [4.78, 5) is 6.67. The maximum atomic E-state index is 12.6. The van der Waals surface area contributed by atoms with E-state index in [9.17, 15) is 8.42 Å². The Bertz CT molecular complexity index is 731. The highest BCUT2D eigenvalue weighted by Gasteiger charge is 2.29. The number of imidazole rings is 1. The van der Waals surface area contributed by atoms with Crippen molar-refractivity contribution in [2.24, 2.45) is 5.84 Å². The summed E-state index contributed by atoms with van der Waals surface area (Å²) in [5, 5.41) is 1.79. The van der Waals surface area contributed by atoms with Crippen LogP contribution < -0.4 is 16.0 Å². The van der Waals surface area contributed by atoms with Gasteiger partial charge in [-0.25, -0.2) is 19.0 Å². The number of rotatable bonds is 6. The number of likely N-dealkylation sites (N-methyl/N-ethyl adjacent to an activating group) is 1. The Labute approximate surface area is 128 Å². The second-order valence-corrected chi connectivity index (χ2v) is 8.05. The van der Waals surface area contributed by atoms with Crippen molar-refractivity contribution in [1.29, 1.82) is 0 Å². The van der Waals surface area contributed by atoms with E-state index in [-0.39, 0.29) is 22.9 Å². The second kappa shape index (κ2) is 5.54. The molecule has 2 rings (SSSR count). The summed E-state index contributed by atoms with van der Waals surface area (Å²) in [5.41, 5.74) is 2.02. The first-order chi connectivity index (χ1) is 9.69. The fourth-order valence-corrected chi connectivity index (χ4v) is 3.83. The van der Waals surface area contributed by atoms with Crippen LogP contribution in [0.1, 0.15) is 13.8 Å². The molecule has 4 N–H and O–H groups in total. The molecule has 0 aliphatic carbocycles. The third-order valence-corrected chi connectivity index (χ3v) is 5.70. The maximum Gasteiger partial charge on any atom is 0.260 e. The minimum atomic E-state index is -3.73. The van der Waals surface area contributed by atoms with E-state index < -0.39 is 10.0 Å². The van der Waals surface area contributed by atoms with Crippen molar-refractivity contribution >= 4 is 32.1 Å². The summed E-state index contributed by atoms with van der Waals surface area (Å²) >= 11 is 1.34. The van der Waals surface area contributed by atoms with Crippen LogP contribution in [0, 0.1) is 0 Å². The zero-order valence-corrected chi connectivity index (χ0v) is 14.0. The Kier molecular flexibility index (Phi) is 4.26. The zero-order valence-electron chi connectivity index (χ0n) is 12.4. The van der Waals surface area contributed by atoms with Crippen LogP contribution >= 0.6 is 11.3 Å². The van der Waals surface area contributed by atoms with Gasteiger partial charge in [-0.2, -0.15) is 4.98 Å². The number of nitrogens with zero attached hydrogens (tertiary/aromatic N) is 3. The van der Waals surface area contributed by atoms with Gasteiger partial charge in [0, 0.05) is 23.7 Å². The normalized spacial score (nSPS) is 13.2. The Balaban J connectivity index is 2.36. The number of sulfonamides is 1. The van der Waals surface area contributed by atoms with Crippen molar-refractivity contribution in [3.63, 3.8) is 0 Å². The summed E-state index contributed by atoms with van der Waals surface area (Å²) < 4.78 is 29.3. The van der Waals surface area contributed by atoms with Gasteiger partial charge in [0.2, 0.25) is 5.03 Å². The SMILES string of the molecule is CN(C)C(C)(C)CNS(=O)(=O)c1c(NN)nc2sccn12. The van der Waals surface area contributed by atoms with E-state index in [1.807, 2.05) is 32.8 Å². The van der Waals surface area contributed by atoms with Gasteiger partial charge in [0.1, 0.15) is 0 Å². The molecule has 118 valence electrons. The number of hydrogen-bond acceptors (Lipinski definition) is 7. The monoisotopic (exact) mass is 332 g/mol. The van der Waals surface area contributed by atoms with Gasteiger partial charge in [-0.15, -0.1) is 11.3 Å². The molecule has 8 nitrogen and oxygen atoms in total. The molecule has 2 aromatic rings. The molecule has 2 heterocycles. The molecule has 0 amide bonds. The van der Waals surface area contributed by atoms with Gasteiger partial charge in [-0.05, 0) is 27.9 Å². The molecule has 0 aromatic carbocycles. The average Bonchev–Trinajstić information content (AvgIpc) is 2.95. The highest BCUT2D eigenvalue weighted by Crippen LogP contribution is 2.25. The smallest absolute Gasteiger partial charge is 0.260 e. The number of nitrogens with one attached hydrogen (secondary N) is 2. The van der Waals surface area contributed by atoms with E-state index in [4.69, 9.17) is 5.84 Å². The van der Waals surface area contributed by atoms with Crippen LogP contribution in [-0.4, -0.2) is 48.9 Å². The van der Waals surface area contributed by atoms with Crippen molar-refractivity contribution in [2.45, 2.75) is 24.4 Å². The van der Waals surface area contributed by atoms with E-state index >= 15 is 0 Å². The van der Waals surface area contributed by atoms with E-state index in [1.165, 1.54) is 15.7 Å². The van der Waals surface area contributed by atoms with Crippen LogP contribution in [0.15, 0.2) is 16.6 Å². The van der Waals surface area contributed by atoms with Crippen molar-refractivity contribution in [3.8, 4) is 0 Å². The molecule has 0 fully saturated rings. The van der Waals surface area contributed by atoms with E-state index in [0.717, 1.165) is 0 Å². The zero-order chi connectivity index (χ0) is 15.8. The van der Waals surface area contributed by atoms with Crippen molar-refractivity contribution in [2.75, 3.05) is 26.1 Å². The molecule has 0 saturated heterocycles. The molecule has 2 aromatic heterocycles. The average molecular weight is 332 g/mol. The largest absolute Gasteiger partial charge is 0.306 e. The van der Waals surface area contributed by atoms with Crippen LogP contribution in [0.2, 0.25) is 0 Å². The fraction of sp³-hybridized carbons (Fsp3) is 0.545. The van der Waals surface area contributed by atoms with Gasteiger partial charge < -0.3 is 10.3 Å². The predicted molar refractivity (Wildman–Crippen MR) is 83.8 cm³/mol. The van der Waals surface area contributed by atoms with Crippen molar-refractivity contribution in [3.05, 3.63) is 11.6 Å². The number of hydrogen-bond donors (Lipinski definition) is 3. The Hall–Kier alpha value is -1.20. The number of nitrogen functional groups attached to an aromatic ring is 1. The van der Waals surface area contributed by atoms with Crippen LogP contribution in [0.4, 0.5) is 5.82 Å². The Morgan fingerprint density at radius 3 is 2.71 bits per heavy atom. The number of aromatic nitrogens is 2. The molecule has 0 bridgehead atoms. The minimum absolute atomic E-state index is 0.0239. The van der Waals surface area contributed by atoms with Gasteiger partial charge in [0.15, 0.2) is 10.8 Å². The molecule has 0 aliphatic rings. The standard InChI is InChI=1S/C11H20N6O2S2/c1-11(2,16(3)4)7-13-21(18,19)9-8(15-12)14-10-17(9)5-6-20-10/h5-6,13,15H,7,12H2,1-4H3. The number of anilines is 1. The molecule has 0 spiro atoms. The highest BCUT2D eigenvalue weighted by atomic mass is 32.2. The fourth-order valence-electron chi connectivity index (χ4n) is 1.61. The molecule has 10 heteroatoms. The third-order valence-electron chi connectivity index (χ3n) is 3.52. The van der Waals surface area contributed by atoms with Crippen LogP contribution in [0.5, 0.6) is 0 Å². The van der Waals surface area contributed by atoms with E-state index in [0.29, 0.717) is 4.96 Å². The molecule has 0 radical (unpaired) electrons. The molecule has 0 atom stereocenters. The third kappa shape index (κ3) is 3.04. The summed E-state index contributed by atoms with van der Waals surface area (Å²) in [6, 6.07) is 0. The summed E-state index contributed by atoms with van der Waals surface area (Å²) in [5.74, 6) is 5.51. The number of thiazole rings is 1. The van der Waals surface area contributed by atoms with Gasteiger partial charge in [-0.1, -0.05) is 0 Å². The summed E-state index contributed by atoms with van der Waals surface area (Å²) in [7, 11) is 0.0648. The molecular formula is C11H20N6O2S2. The first-order valence-electron chi connectivity index (χ1n) is 6.28. The van der Waals surface area contributed by atoms with Gasteiger partial charge >= 0.3 is 0 Å². The first kappa shape index (κ1) is 16.2. The lowest BCUT2D eigenvalue weighted by molar-refractivity contribution is 0.199. The lowest BCUT2D eigenvalue weighted by atomic mass is 10.1. The second-order valence-electron chi connectivity index (χ2n) is 5.50. The van der Waals surface area contributed by atoms with Gasteiger partial charge in [-0.3, -0.25) is 4.40 Å². The number of nitrogens with two attached hydrogens (primary N) is 1. The quantitative estimate of drug-likeness (QED) is 0.519. The molecule has 0 unspecified atom stereocenters. The van der Waals surface area contributed by atoms with Gasteiger partial charge in [0.05, 0.1) is 0 Å². The topological polar surface area (TPSA) is 105 Å². The molecule has 0 saturated carbocycles. The molecular weight excluding hydrogens is 312 g/mol. The van der Waals surface area contributed by atoms with Crippen molar-refractivity contribution < 1.29 is 8.42 Å². The lowest BCUT2D eigenvalue weighted by Crippen LogP contribution is -2.48. The van der Waals surface area contributed by atoms with Crippen LogP contribution in [0.3, 0.4) is 0 Å². The van der Waals surface area contributed by atoms with Crippen LogP contribution in [0.25, 0.3) is 4.96 Å². The van der Waals surface area contributed by atoms with Gasteiger partial charge in [0.25, 0.3) is 10.0 Å². The summed E-state index contributed by atoms with van der Waals surface area (Å²) in [6.45, 7) is 4.17. The maximum absolute atomic E-state index is 12.6. The minimum Gasteiger partial charge on any atom is -0.306 e. The Morgan fingerprint density at radius 2 is 2.14 bits per heavy atom. The Morgan fingerprint density at radius 1 is 1.48 bits per heavy atom. The highest BCUT2D eigenvalue weighted by molar-refractivity contribution is 7.89. The van der Waals surface area contributed by atoms with E-state index in [1.54, 1.807) is 11.6 Å². The number of hydrazine groups is 1. The summed E-state index contributed by atoms with van der Waals surface area (Å²) in [6.07, 6.45) is 1.65. The van der Waals surface area contributed by atoms with Crippen LogP contribution in [-0.2, 0) is 10.0 Å². The first-order valence-corrected chi connectivity index (χ1v) is 8.64. The number of fused-ring (bicyclic) bond motifs is 1. The molecule has 0 aliphatic heterocycles. The van der Waals surface area contributed by atoms with E-state index in [2.05, 4.69) is 15.1 Å².